The summed E-state index contributed by atoms with van der Waals surface area (Å²) in [5, 5.41) is 3.55. The third-order valence-electron chi connectivity index (χ3n) is 4.50. The maximum Gasteiger partial charge on any atom is 0.230 e. The molecule has 0 radical (unpaired) electrons. The molecule has 1 aromatic rings. The van der Waals surface area contributed by atoms with Crippen LogP contribution in [0.5, 0.6) is 0 Å². The first-order chi connectivity index (χ1) is 9.21. The first-order valence-electron chi connectivity index (χ1n) is 7.21. The predicted octanol–water partition coefficient (Wildman–Crippen LogP) is 3.38. The van der Waals surface area contributed by atoms with Crippen molar-refractivity contribution >= 4 is 17.5 Å². The number of rotatable bonds is 3. The summed E-state index contributed by atoms with van der Waals surface area (Å²) in [5.74, 6) is 0.219. The number of nitrogens with one attached hydrogen (secondary N) is 1. The summed E-state index contributed by atoms with van der Waals surface area (Å²) in [6, 6.07) is 10.5. The molecule has 3 heteroatoms. The highest BCUT2D eigenvalue weighted by Gasteiger charge is 2.51. The minimum absolute atomic E-state index is 0.219. The van der Waals surface area contributed by atoms with Crippen LogP contribution < -0.4 is 5.32 Å². The fourth-order valence-electron chi connectivity index (χ4n) is 3.05. The van der Waals surface area contributed by atoms with E-state index in [1.165, 1.54) is 5.56 Å². The van der Waals surface area contributed by atoms with Crippen LogP contribution in [0, 0.1) is 0 Å². The van der Waals surface area contributed by atoms with Crippen LogP contribution in [0.2, 0.25) is 0 Å². The Labute approximate surface area is 119 Å². The Morgan fingerprint density at radius 2 is 1.74 bits per heavy atom. The van der Waals surface area contributed by atoms with Gasteiger partial charge in [-0.05, 0) is 44.1 Å². The lowest BCUT2D eigenvalue weighted by molar-refractivity contribution is -0.124. The van der Waals surface area contributed by atoms with E-state index in [-0.39, 0.29) is 11.3 Å². The van der Waals surface area contributed by atoms with E-state index in [4.69, 9.17) is 11.6 Å². The van der Waals surface area contributed by atoms with Gasteiger partial charge in [0.05, 0.1) is 5.41 Å². The molecule has 2 fully saturated rings. The van der Waals surface area contributed by atoms with Crippen LogP contribution in [0.1, 0.15) is 44.1 Å². The molecule has 0 bridgehead atoms. The molecule has 2 aliphatic carbocycles. The number of alkyl halides is 1. The van der Waals surface area contributed by atoms with Gasteiger partial charge in [-0.25, -0.2) is 0 Å². The average molecular weight is 278 g/mol. The second-order valence-electron chi connectivity index (χ2n) is 5.87. The van der Waals surface area contributed by atoms with Crippen molar-refractivity contribution in [1.82, 2.24) is 5.32 Å². The average Bonchev–Trinajstić information content (AvgIpc) is 3.24. The summed E-state index contributed by atoms with van der Waals surface area (Å²) in [5.41, 5.74) is 0.928. The SMILES string of the molecule is O=C(NC1CCC(Cl)CC1)C1(c2ccccc2)CC1. The van der Waals surface area contributed by atoms with Crippen molar-refractivity contribution in [3.05, 3.63) is 35.9 Å². The number of carbonyl (C=O) groups is 1. The van der Waals surface area contributed by atoms with Gasteiger partial charge >= 0.3 is 0 Å². The zero-order chi connectivity index (χ0) is 13.3. The summed E-state index contributed by atoms with van der Waals surface area (Å²) in [6.07, 6.45) is 6.03. The molecular weight excluding hydrogens is 258 g/mol. The lowest BCUT2D eigenvalue weighted by Crippen LogP contribution is -2.43. The molecular formula is C16H20ClNO. The van der Waals surface area contributed by atoms with Gasteiger partial charge in [0.25, 0.3) is 0 Å². The van der Waals surface area contributed by atoms with Gasteiger partial charge in [-0.1, -0.05) is 30.3 Å². The van der Waals surface area contributed by atoms with E-state index in [0.29, 0.717) is 11.4 Å². The van der Waals surface area contributed by atoms with Crippen LogP contribution in [0.25, 0.3) is 0 Å². The highest BCUT2D eigenvalue weighted by atomic mass is 35.5. The van der Waals surface area contributed by atoms with Gasteiger partial charge < -0.3 is 5.32 Å². The van der Waals surface area contributed by atoms with E-state index < -0.39 is 0 Å². The van der Waals surface area contributed by atoms with Crippen LogP contribution in [-0.2, 0) is 10.2 Å². The molecule has 1 N–H and O–H groups in total. The lowest BCUT2D eigenvalue weighted by atomic mass is 9.91. The van der Waals surface area contributed by atoms with E-state index in [9.17, 15) is 4.79 Å². The number of benzene rings is 1. The quantitative estimate of drug-likeness (QED) is 0.843. The van der Waals surface area contributed by atoms with Crippen molar-refractivity contribution < 1.29 is 4.79 Å². The van der Waals surface area contributed by atoms with E-state index in [1.807, 2.05) is 18.2 Å². The largest absolute Gasteiger partial charge is 0.353 e. The van der Waals surface area contributed by atoms with Gasteiger partial charge in [-0.3, -0.25) is 4.79 Å². The Morgan fingerprint density at radius 3 is 2.32 bits per heavy atom. The zero-order valence-corrected chi connectivity index (χ0v) is 11.8. The molecule has 0 heterocycles. The third-order valence-corrected chi connectivity index (χ3v) is 4.94. The van der Waals surface area contributed by atoms with Crippen molar-refractivity contribution in [2.24, 2.45) is 0 Å². The molecule has 102 valence electrons. The van der Waals surface area contributed by atoms with Crippen LogP contribution >= 0.6 is 11.6 Å². The van der Waals surface area contributed by atoms with E-state index in [0.717, 1.165) is 38.5 Å². The minimum atomic E-state index is -0.237. The van der Waals surface area contributed by atoms with Crippen LogP contribution in [-0.4, -0.2) is 17.3 Å². The second kappa shape index (κ2) is 5.16. The first kappa shape index (κ1) is 13.0. The van der Waals surface area contributed by atoms with E-state index >= 15 is 0 Å². The van der Waals surface area contributed by atoms with Gasteiger partial charge in [-0.2, -0.15) is 0 Å². The van der Waals surface area contributed by atoms with Crippen molar-refractivity contribution in [3.63, 3.8) is 0 Å². The fraction of sp³-hybridized carbons (Fsp3) is 0.562. The summed E-state index contributed by atoms with van der Waals surface area (Å²) in [7, 11) is 0. The van der Waals surface area contributed by atoms with Crippen molar-refractivity contribution in [2.75, 3.05) is 0 Å². The predicted molar refractivity (Wildman–Crippen MR) is 77.4 cm³/mol. The maximum atomic E-state index is 12.5. The molecule has 0 aliphatic heterocycles. The van der Waals surface area contributed by atoms with Gasteiger partial charge in [0.2, 0.25) is 5.91 Å². The molecule has 1 amide bonds. The monoisotopic (exact) mass is 277 g/mol. The minimum Gasteiger partial charge on any atom is -0.353 e. The molecule has 0 aromatic heterocycles. The van der Waals surface area contributed by atoms with Crippen molar-refractivity contribution in [2.45, 2.75) is 55.4 Å². The Morgan fingerprint density at radius 1 is 1.11 bits per heavy atom. The molecule has 0 spiro atoms. The normalized spacial score (nSPS) is 28.7. The summed E-state index contributed by atoms with van der Waals surface area (Å²) in [4.78, 5) is 12.5. The summed E-state index contributed by atoms with van der Waals surface area (Å²) in [6.45, 7) is 0. The van der Waals surface area contributed by atoms with Crippen molar-refractivity contribution in [3.8, 4) is 0 Å². The third kappa shape index (κ3) is 2.64. The Kier molecular flexibility index (Phi) is 3.53. The number of amides is 1. The topological polar surface area (TPSA) is 29.1 Å². The molecule has 0 atom stereocenters. The second-order valence-corrected chi connectivity index (χ2v) is 6.49. The van der Waals surface area contributed by atoms with Gasteiger partial charge in [0.15, 0.2) is 0 Å². The maximum absolute atomic E-state index is 12.5. The number of hydrogen-bond acceptors (Lipinski definition) is 1. The highest BCUT2D eigenvalue weighted by Crippen LogP contribution is 2.48. The van der Waals surface area contributed by atoms with Crippen LogP contribution in [0.3, 0.4) is 0 Å². The Balaban J connectivity index is 1.65. The molecule has 1 aromatic carbocycles. The molecule has 2 saturated carbocycles. The number of halogens is 1. The molecule has 3 rings (SSSR count). The van der Waals surface area contributed by atoms with Crippen molar-refractivity contribution in [1.29, 1.82) is 0 Å². The smallest absolute Gasteiger partial charge is 0.230 e. The lowest BCUT2D eigenvalue weighted by Gasteiger charge is -2.27. The Hall–Kier alpha value is -1.02. The zero-order valence-electron chi connectivity index (χ0n) is 11.1. The molecule has 0 saturated heterocycles. The van der Waals surface area contributed by atoms with Gasteiger partial charge in [0, 0.05) is 11.4 Å². The first-order valence-corrected chi connectivity index (χ1v) is 7.65. The van der Waals surface area contributed by atoms with Crippen LogP contribution in [0.4, 0.5) is 0 Å². The number of carbonyl (C=O) groups excluding carboxylic acids is 1. The van der Waals surface area contributed by atoms with Gasteiger partial charge in [0.1, 0.15) is 0 Å². The van der Waals surface area contributed by atoms with E-state index in [2.05, 4.69) is 17.4 Å². The molecule has 2 aliphatic rings. The van der Waals surface area contributed by atoms with Gasteiger partial charge in [-0.15, -0.1) is 11.6 Å². The summed E-state index contributed by atoms with van der Waals surface area (Å²) >= 11 is 6.10. The van der Waals surface area contributed by atoms with Crippen LogP contribution in [0.15, 0.2) is 30.3 Å². The summed E-state index contributed by atoms with van der Waals surface area (Å²) < 4.78 is 0. The fourth-order valence-corrected chi connectivity index (χ4v) is 3.30. The highest BCUT2D eigenvalue weighted by molar-refractivity contribution is 6.20. The van der Waals surface area contributed by atoms with E-state index in [1.54, 1.807) is 0 Å². The Bertz CT molecular complexity index is 447. The molecule has 19 heavy (non-hydrogen) atoms. The standard InChI is InChI=1S/C16H20ClNO/c17-13-6-8-14(9-7-13)18-15(19)16(10-11-16)12-4-2-1-3-5-12/h1-5,13-14H,6-11H2,(H,18,19). The molecule has 0 unspecified atom stereocenters. The molecule has 2 nitrogen and oxygen atoms in total. The number of hydrogen-bond donors (Lipinski definition) is 1.